The third-order valence-corrected chi connectivity index (χ3v) is 4.71. The van der Waals surface area contributed by atoms with Gasteiger partial charge in [0.05, 0.1) is 0 Å². The van der Waals surface area contributed by atoms with Crippen LogP contribution in [0.1, 0.15) is 46.5 Å². The number of nitrogens with one attached hydrogen (secondary N) is 1. The Morgan fingerprint density at radius 2 is 2.00 bits per heavy atom. The van der Waals surface area contributed by atoms with Crippen LogP contribution in [-0.4, -0.2) is 61.2 Å². The lowest BCUT2D eigenvalue weighted by atomic mass is 10.0. The predicted molar refractivity (Wildman–Crippen MR) is 82.6 cm³/mol. The summed E-state index contributed by atoms with van der Waals surface area (Å²) in [6, 6.07) is 1.52. The van der Waals surface area contributed by atoms with E-state index in [0.29, 0.717) is 6.04 Å². The van der Waals surface area contributed by atoms with E-state index in [1.54, 1.807) is 0 Å². The molecule has 2 rings (SSSR count). The van der Waals surface area contributed by atoms with Gasteiger partial charge in [-0.1, -0.05) is 20.8 Å². The summed E-state index contributed by atoms with van der Waals surface area (Å²) in [5, 5.41) is 3.75. The van der Waals surface area contributed by atoms with Crippen LogP contribution in [0.2, 0.25) is 0 Å². The monoisotopic (exact) mass is 267 g/mol. The SMILES string of the molecule is CCN1CCCC(N2CCCNC(CC(C)C)C2)C1. The van der Waals surface area contributed by atoms with Gasteiger partial charge < -0.3 is 10.2 Å². The Balaban J connectivity index is 1.89. The molecule has 0 aromatic heterocycles. The average Bonchev–Trinajstić information content (AvgIpc) is 2.64. The van der Waals surface area contributed by atoms with Crippen molar-refractivity contribution >= 4 is 0 Å². The second-order valence-corrected chi connectivity index (χ2v) is 6.82. The molecule has 0 aromatic carbocycles. The van der Waals surface area contributed by atoms with Crippen molar-refractivity contribution in [3.05, 3.63) is 0 Å². The van der Waals surface area contributed by atoms with E-state index < -0.39 is 0 Å². The van der Waals surface area contributed by atoms with Crippen LogP contribution in [-0.2, 0) is 0 Å². The molecule has 0 saturated carbocycles. The van der Waals surface area contributed by atoms with Crippen LogP contribution in [0.25, 0.3) is 0 Å². The molecule has 0 amide bonds. The van der Waals surface area contributed by atoms with Crippen molar-refractivity contribution in [2.75, 3.05) is 39.3 Å². The Bertz CT molecular complexity index is 254. The van der Waals surface area contributed by atoms with Crippen molar-refractivity contribution in [2.24, 2.45) is 5.92 Å². The molecule has 3 heteroatoms. The zero-order valence-corrected chi connectivity index (χ0v) is 13.2. The van der Waals surface area contributed by atoms with Gasteiger partial charge in [0.25, 0.3) is 0 Å². The lowest BCUT2D eigenvalue weighted by Gasteiger charge is -2.39. The van der Waals surface area contributed by atoms with Crippen molar-refractivity contribution < 1.29 is 0 Å². The maximum atomic E-state index is 3.75. The first-order valence-electron chi connectivity index (χ1n) is 8.38. The highest BCUT2D eigenvalue weighted by molar-refractivity contribution is 4.85. The minimum absolute atomic E-state index is 0.708. The van der Waals surface area contributed by atoms with Crippen LogP contribution >= 0.6 is 0 Å². The van der Waals surface area contributed by atoms with Crippen molar-refractivity contribution in [1.82, 2.24) is 15.1 Å². The number of likely N-dealkylation sites (N-methyl/N-ethyl adjacent to an activating group) is 1. The van der Waals surface area contributed by atoms with Gasteiger partial charge in [0.1, 0.15) is 0 Å². The molecule has 0 aromatic rings. The Morgan fingerprint density at radius 3 is 2.74 bits per heavy atom. The Morgan fingerprint density at radius 1 is 1.16 bits per heavy atom. The first kappa shape index (κ1) is 15.3. The molecule has 2 aliphatic heterocycles. The quantitative estimate of drug-likeness (QED) is 0.842. The molecule has 0 radical (unpaired) electrons. The second-order valence-electron chi connectivity index (χ2n) is 6.82. The fraction of sp³-hybridized carbons (Fsp3) is 1.00. The molecule has 19 heavy (non-hydrogen) atoms. The summed E-state index contributed by atoms with van der Waals surface area (Å²) in [6.45, 7) is 14.6. The van der Waals surface area contributed by atoms with Gasteiger partial charge in [-0.15, -0.1) is 0 Å². The number of piperidine rings is 1. The molecule has 0 spiro atoms. The summed E-state index contributed by atoms with van der Waals surface area (Å²) in [4.78, 5) is 5.42. The fourth-order valence-corrected chi connectivity index (χ4v) is 3.70. The van der Waals surface area contributed by atoms with Crippen molar-refractivity contribution in [2.45, 2.75) is 58.5 Å². The lowest BCUT2D eigenvalue weighted by molar-refractivity contribution is 0.0971. The standard InChI is InChI=1S/C16H33N3/c1-4-18-9-5-7-16(13-18)19-10-6-8-17-15(12-19)11-14(2)3/h14-17H,4-13H2,1-3H3. The van der Waals surface area contributed by atoms with E-state index in [4.69, 9.17) is 0 Å². The summed E-state index contributed by atoms with van der Waals surface area (Å²) < 4.78 is 0. The van der Waals surface area contributed by atoms with E-state index in [-0.39, 0.29) is 0 Å². The summed E-state index contributed by atoms with van der Waals surface area (Å²) >= 11 is 0. The van der Waals surface area contributed by atoms with Gasteiger partial charge in [-0.05, 0) is 57.8 Å². The zero-order valence-electron chi connectivity index (χ0n) is 13.2. The number of hydrogen-bond donors (Lipinski definition) is 1. The average molecular weight is 267 g/mol. The van der Waals surface area contributed by atoms with Crippen LogP contribution in [0.5, 0.6) is 0 Å². The molecule has 0 bridgehead atoms. The van der Waals surface area contributed by atoms with Crippen LogP contribution in [0.4, 0.5) is 0 Å². The highest BCUT2D eigenvalue weighted by Gasteiger charge is 2.27. The number of rotatable bonds is 4. The van der Waals surface area contributed by atoms with E-state index in [9.17, 15) is 0 Å². The van der Waals surface area contributed by atoms with Crippen molar-refractivity contribution in [3.8, 4) is 0 Å². The van der Waals surface area contributed by atoms with Crippen LogP contribution in [0, 0.1) is 5.92 Å². The van der Waals surface area contributed by atoms with Gasteiger partial charge in [-0.25, -0.2) is 0 Å². The van der Waals surface area contributed by atoms with Gasteiger partial charge in [-0.3, -0.25) is 4.90 Å². The topological polar surface area (TPSA) is 18.5 Å². The zero-order chi connectivity index (χ0) is 13.7. The van der Waals surface area contributed by atoms with Crippen LogP contribution in [0.15, 0.2) is 0 Å². The third-order valence-electron chi connectivity index (χ3n) is 4.71. The van der Waals surface area contributed by atoms with Gasteiger partial charge >= 0.3 is 0 Å². The van der Waals surface area contributed by atoms with E-state index in [2.05, 4.69) is 35.9 Å². The highest BCUT2D eigenvalue weighted by atomic mass is 15.2. The summed E-state index contributed by atoms with van der Waals surface area (Å²) in [5.74, 6) is 0.802. The molecule has 0 aliphatic carbocycles. The minimum Gasteiger partial charge on any atom is -0.313 e. The lowest BCUT2D eigenvalue weighted by Crippen LogP contribution is -2.50. The third kappa shape index (κ3) is 4.73. The Labute approximate surface area is 119 Å². The molecular formula is C16H33N3. The minimum atomic E-state index is 0.708. The Kier molecular flexibility index (Phi) is 6.11. The molecule has 2 unspecified atom stereocenters. The molecular weight excluding hydrogens is 234 g/mol. The molecule has 2 fully saturated rings. The Hall–Kier alpha value is -0.120. The predicted octanol–water partition coefficient (Wildman–Crippen LogP) is 2.18. The van der Waals surface area contributed by atoms with E-state index in [1.807, 2.05) is 0 Å². The normalized spacial score (nSPS) is 31.6. The van der Waals surface area contributed by atoms with E-state index in [1.165, 1.54) is 65.0 Å². The fourth-order valence-electron chi connectivity index (χ4n) is 3.70. The second kappa shape index (κ2) is 7.61. The number of likely N-dealkylation sites (tertiary alicyclic amines) is 1. The molecule has 112 valence electrons. The molecule has 2 aliphatic rings. The maximum absolute atomic E-state index is 3.75. The largest absolute Gasteiger partial charge is 0.313 e. The molecule has 2 heterocycles. The molecule has 2 atom stereocenters. The van der Waals surface area contributed by atoms with Crippen LogP contribution in [0.3, 0.4) is 0 Å². The van der Waals surface area contributed by atoms with Crippen LogP contribution < -0.4 is 5.32 Å². The summed E-state index contributed by atoms with van der Waals surface area (Å²) in [7, 11) is 0. The summed E-state index contributed by atoms with van der Waals surface area (Å²) in [5.41, 5.74) is 0. The van der Waals surface area contributed by atoms with Gasteiger partial charge in [-0.2, -0.15) is 0 Å². The molecule has 1 N–H and O–H groups in total. The molecule has 3 nitrogen and oxygen atoms in total. The summed E-state index contributed by atoms with van der Waals surface area (Å²) in [6.07, 6.45) is 5.43. The van der Waals surface area contributed by atoms with E-state index >= 15 is 0 Å². The maximum Gasteiger partial charge on any atom is 0.0224 e. The number of hydrogen-bond acceptors (Lipinski definition) is 3. The smallest absolute Gasteiger partial charge is 0.0224 e. The van der Waals surface area contributed by atoms with Gasteiger partial charge in [0, 0.05) is 25.2 Å². The molecule has 2 saturated heterocycles. The number of nitrogens with zero attached hydrogens (tertiary/aromatic N) is 2. The van der Waals surface area contributed by atoms with Crippen molar-refractivity contribution in [1.29, 1.82) is 0 Å². The van der Waals surface area contributed by atoms with E-state index in [0.717, 1.165) is 12.0 Å². The first-order valence-corrected chi connectivity index (χ1v) is 8.38. The first-order chi connectivity index (χ1) is 9.19. The highest BCUT2D eigenvalue weighted by Crippen LogP contribution is 2.19. The van der Waals surface area contributed by atoms with Crippen molar-refractivity contribution in [3.63, 3.8) is 0 Å². The van der Waals surface area contributed by atoms with Gasteiger partial charge in [0.15, 0.2) is 0 Å². The van der Waals surface area contributed by atoms with Gasteiger partial charge in [0.2, 0.25) is 0 Å².